The number of likely N-dealkylation sites (tertiary alicyclic amines) is 1. The van der Waals surface area contributed by atoms with Gasteiger partial charge in [0.05, 0.1) is 17.8 Å². The summed E-state index contributed by atoms with van der Waals surface area (Å²) in [6, 6.07) is 4.99. The highest BCUT2D eigenvalue weighted by molar-refractivity contribution is 9.10. The van der Waals surface area contributed by atoms with E-state index in [2.05, 4.69) is 21.2 Å². The van der Waals surface area contributed by atoms with Crippen LogP contribution in [0.3, 0.4) is 0 Å². The second-order valence-electron chi connectivity index (χ2n) is 5.13. The Morgan fingerprint density at radius 3 is 2.67 bits per heavy atom. The zero-order chi connectivity index (χ0) is 15.4. The Bertz CT molecular complexity index is 542. The summed E-state index contributed by atoms with van der Waals surface area (Å²) in [5, 5.41) is 11.8. The third-order valence-corrected chi connectivity index (χ3v) is 4.17. The molecule has 1 aromatic rings. The van der Waals surface area contributed by atoms with E-state index in [1.54, 1.807) is 12.1 Å². The Hall–Kier alpha value is -1.44. The number of carbonyl (C=O) groups excluding carboxylic acids is 1. The summed E-state index contributed by atoms with van der Waals surface area (Å²) >= 11 is 3.27. The first kappa shape index (κ1) is 15.9. The molecule has 6 nitrogen and oxygen atoms in total. The maximum atomic E-state index is 12.1. The molecule has 0 atom stereocenters. The predicted octanol–water partition coefficient (Wildman–Crippen LogP) is 1.51. The third kappa shape index (κ3) is 4.26. The molecule has 1 aromatic carbocycles. The molecule has 0 unspecified atom stereocenters. The smallest absolute Gasteiger partial charge is 0.337 e. The minimum atomic E-state index is -1.07. The summed E-state index contributed by atoms with van der Waals surface area (Å²) in [6.45, 7) is 1.82. The fourth-order valence-electron chi connectivity index (χ4n) is 2.32. The van der Waals surface area contributed by atoms with Crippen molar-refractivity contribution in [2.24, 2.45) is 5.73 Å². The molecule has 0 aromatic heterocycles. The number of benzene rings is 1. The highest BCUT2D eigenvalue weighted by Crippen LogP contribution is 2.26. The van der Waals surface area contributed by atoms with Crippen LogP contribution in [0.15, 0.2) is 22.7 Å². The van der Waals surface area contributed by atoms with Crippen molar-refractivity contribution in [3.8, 4) is 0 Å². The maximum absolute atomic E-state index is 12.1. The van der Waals surface area contributed by atoms with Gasteiger partial charge in [0.2, 0.25) is 5.91 Å². The van der Waals surface area contributed by atoms with Gasteiger partial charge in [-0.25, -0.2) is 4.79 Å². The van der Waals surface area contributed by atoms with Gasteiger partial charge in [-0.05, 0) is 40.9 Å². The first-order valence-electron chi connectivity index (χ1n) is 6.77. The van der Waals surface area contributed by atoms with E-state index in [0.29, 0.717) is 10.2 Å². The van der Waals surface area contributed by atoms with Gasteiger partial charge in [-0.1, -0.05) is 6.07 Å². The number of nitrogens with one attached hydrogen (secondary N) is 1. The number of anilines is 1. The molecular weight excluding hydrogens is 338 g/mol. The summed E-state index contributed by atoms with van der Waals surface area (Å²) < 4.78 is 0.552. The molecule has 1 saturated heterocycles. The van der Waals surface area contributed by atoms with E-state index >= 15 is 0 Å². The molecule has 21 heavy (non-hydrogen) atoms. The number of aromatic carboxylic acids is 1. The predicted molar refractivity (Wildman–Crippen MR) is 83.4 cm³/mol. The molecule has 1 heterocycles. The van der Waals surface area contributed by atoms with E-state index in [4.69, 9.17) is 10.8 Å². The SMILES string of the molecule is NC1CCN(CC(=O)Nc2c(Br)cccc2C(=O)O)CC1. The molecule has 1 aliphatic heterocycles. The summed E-state index contributed by atoms with van der Waals surface area (Å²) in [6.07, 6.45) is 1.76. The second kappa shape index (κ2) is 7.02. The van der Waals surface area contributed by atoms with Gasteiger partial charge in [0.25, 0.3) is 0 Å². The van der Waals surface area contributed by atoms with Crippen molar-refractivity contribution in [2.45, 2.75) is 18.9 Å². The fraction of sp³-hybridized carbons (Fsp3) is 0.429. The molecule has 0 saturated carbocycles. The first-order valence-corrected chi connectivity index (χ1v) is 7.56. The van der Waals surface area contributed by atoms with Crippen molar-refractivity contribution in [2.75, 3.05) is 25.0 Å². The highest BCUT2D eigenvalue weighted by atomic mass is 79.9. The fourth-order valence-corrected chi connectivity index (χ4v) is 2.79. The Kier molecular flexibility index (Phi) is 5.33. The lowest BCUT2D eigenvalue weighted by molar-refractivity contribution is -0.117. The number of carboxylic acids is 1. The van der Waals surface area contributed by atoms with Gasteiger partial charge < -0.3 is 16.2 Å². The minimum Gasteiger partial charge on any atom is -0.478 e. The normalized spacial score (nSPS) is 16.7. The van der Waals surface area contributed by atoms with Crippen molar-refractivity contribution in [1.29, 1.82) is 0 Å². The topological polar surface area (TPSA) is 95.7 Å². The number of para-hydroxylation sites is 1. The molecule has 1 amide bonds. The van der Waals surface area contributed by atoms with Crippen LogP contribution >= 0.6 is 15.9 Å². The number of nitrogens with two attached hydrogens (primary N) is 1. The average molecular weight is 356 g/mol. The van der Waals surface area contributed by atoms with E-state index in [1.807, 2.05) is 4.90 Å². The molecule has 7 heteroatoms. The van der Waals surface area contributed by atoms with E-state index in [-0.39, 0.29) is 24.1 Å². The van der Waals surface area contributed by atoms with Gasteiger partial charge in [0, 0.05) is 23.6 Å². The lowest BCUT2D eigenvalue weighted by Crippen LogP contribution is -2.43. The summed E-state index contributed by atoms with van der Waals surface area (Å²) in [5.74, 6) is -1.30. The number of piperidine rings is 1. The lowest BCUT2D eigenvalue weighted by Gasteiger charge is -2.29. The van der Waals surface area contributed by atoms with E-state index in [1.165, 1.54) is 6.07 Å². The summed E-state index contributed by atoms with van der Waals surface area (Å²) in [7, 11) is 0. The maximum Gasteiger partial charge on any atom is 0.337 e. The standard InChI is InChI=1S/C14H18BrN3O3/c15-11-3-1-2-10(14(20)21)13(11)17-12(19)8-18-6-4-9(16)5-7-18/h1-3,9H,4-8,16H2,(H,17,19)(H,20,21). The molecule has 4 N–H and O–H groups in total. The zero-order valence-corrected chi connectivity index (χ0v) is 13.1. The van der Waals surface area contributed by atoms with Crippen LogP contribution in [-0.2, 0) is 4.79 Å². The van der Waals surface area contributed by atoms with Crippen LogP contribution in [0.4, 0.5) is 5.69 Å². The molecule has 0 aliphatic carbocycles. The number of nitrogens with zero attached hydrogens (tertiary/aromatic N) is 1. The van der Waals surface area contributed by atoms with Crippen LogP contribution in [-0.4, -0.2) is 47.6 Å². The van der Waals surface area contributed by atoms with Gasteiger partial charge in [0.1, 0.15) is 0 Å². The van der Waals surface area contributed by atoms with Crippen LogP contribution in [0.5, 0.6) is 0 Å². The number of hydrogen-bond acceptors (Lipinski definition) is 4. The van der Waals surface area contributed by atoms with E-state index in [0.717, 1.165) is 25.9 Å². The number of carbonyl (C=O) groups is 2. The Balaban J connectivity index is 2.01. The van der Waals surface area contributed by atoms with Gasteiger partial charge in [-0.15, -0.1) is 0 Å². The van der Waals surface area contributed by atoms with Crippen LogP contribution in [0.1, 0.15) is 23.2 Å². The molecule has 114 valence electrons. The van der Waals surface area contributed by atoms with Crippen molar-refractivity contribution in [3.63, 3.8) is 0 Å². The lowest BCUT2D eigenvalue weighted by atomic mass is 10.1. The number of carboxylic acid groups (broad SMARTS) is 1. The Morgan fingerprint density at radius 1 is 1.38 bits per heavy atom. The molecular formula is C14H18BrN3O3. The van der Waals surface area contributed by atoms with Crippen LogP contribution in [0, 0.1) is 0 Å². The number of hydrogen-bond donors (Lipinski definition) is 3. The van der Waals surface area contributed by atoms with Crippen LogP contribution < -0.4 is 11.1 Å². The second-order valence-corrected chi connectivity index (χ2v) is 5.98. The highest BCUT2D eigenvalue weighted by Gasteiger charge is 2.20. The molecule has 0 spiro atoms. The van der Waals surface area contributed by atoms with Crippen molar-refractivity contribution >= 4 is 33.5 Å². The molecule has 0 radical (unpaired) electrons. The first-order chi connectivity index (χ1) is 9.97. The van der Waals surface area contributed by atoms with Crippen LogP contribution in [0.2, 0.25) is 0 Å². The Labute approximate surface area is 131 Å². The van der Waals surface area contributed by atoms with Crippen LogP contribution in [0.25, 0.3) is 0 Å². The average Bonchev–Trinajstić information content (AvgIpc) is 2.43. The van der Waals surface area contributed by atoms with Gasteiger partial charge in [-0.2, -0.15) is 0 Å². The molecule has 1 fully saturated rings. The van der Waals surface area contributed by atoms with Crippen molar-refractivity contribution < 1.29 is 14.7 Å². The largest absolute Gasteiger partial charge is 0.478 e. The van der Waals surface area contributed by atoms with Gasteiger partial charge >= 0.3 is 5.97 Å². The van der Waals surface area contributed by atoms with Gasteiger partial charge in [-0.3, -0.25) is 9.69 Å². The van der Waals surface area contributed by atoms with Crippen molar-refractivity contribution in [1.82, 2.24) is 4.90 Å². The van der Waals surface area contributed by atoms with Gasteiger partial charge in [0.15, 0.2) is 0 Å². The number of rotatable bonds is 4. The third-order valence-electron chi connectivity index (χ3n) is 3.51. The van der Waals surface area contributed by atoms with Crippen molar-refractivity contribution in [3.05, 3.63) is 28.2 Å². The molecule has 2 rings (SSSR count). The molecule has 0 bridgehead atoms. The summed E-state index contributed by atoms with van der Waals surface area (Å²) in [4.78, 5) is 25.3. The van der Waals surface area contributed by atoms with E-state index in [9.17, 15) is 9.59 Å². The quantitative estimate of drug-likeness (QED) is 0.760. The molecule has 1 aliphatic rings. The number of halogens is 1. The minimum absolute atomic E-state index is 0.0680. The number of amides is 1. The zero-order valence-electron chi connectivity index (χ0n) is 11.5. The van der Waals surface area contributed by atoms with E-state index < -0.39 is 5.97 Å². The Morgan fingerprint density at radius 2 is 2.05 bits per heavy atom. The summed E-state index contributed by atoms with van der Waals surface area (Å²) in [5.41, 5.74) is 6.19. The monoisotopic (exact) mass is 355 g/mol.